The topological polar surface area (TPSA) is 78.5 Å². The monoisotopic (exact) mass is 381 g/mol. The van der Waals surface area contributed by atoms with Gasteiger partial charge in [-0.1, -0.05) is 37.6 Å². The Balaban J connectivity index is 2.13. The Morgan fingerprint density at radius 1 is 0.929 bits per heavy atom. The molecule has 1 atom stereocenters. The van der Waals surface area contributed by atoms with E-state index in [1.165, 1.54) is 4.90 Å². The van der Waals surface area contributed by atoms with Gasteiger partial charge in [-0.3, -0.25) is 14.4 Å². The molecule has 0 spiro atoms. The van der Waals surface area contributed by atoms with E-state index in [9.17, 15) is 14.4 Å². The van der Waals surface area contributed by atoms with E-state index in [2.05, 4.69) is 10.6 Å². The zero-order chi connectivity index (χ0) is 20.8. The Bertz CT molecular complexity index is 858. The normalized spacial score (nSPS) is 11.6. The molecule has 148 valence electrons. The van der Waals surface area contributed by atoms with Crippen molar-refractivity contribution in [3.8, 4) is 0 Å². The maximum Gasteiger partial charge on any atom is 0.253 e. The lowest BCUT2D eigenvalue weighted by atomic mass is 10.0. The van der Waals surface area contributed by atoms with Gasteiger partial charge in [-0.25, -0.2) is 0 Å². The Morgan fingerprint density at radius 3 is 2.14 bits per heavy atom. The molecule has 2 rings (SSSR count). The van der Waals surface area contributed by atoms with Crippen molar-refractivity contribution < 1.29 is 14.4 Å². The summed E-state index contributed by atoms with van der Waals surface area (Å²) in [7, 11) is 3.34. The third-order valence-corrected chi connectivity index (χ3v) is 4.33. The molecule has 6 nitrogen and oxygen atoms in total. The predicted molar refractivity (Wildman–Crippen MR) is 110 cm³/mol. The third-order valence-electron chi connectivity index (χ3n) is 4.33. The summed E-state index contributed by atoms with van der Waals surface area (Å²) in [4.78, 5) is 38.9. The van der Waals surface area contributed by atoms with Gasteiger partial charge in [0, 0.05) is 30.9 Å². The number of carbonyl (C=O) groups excluding carboxylic acids is 3. The first-order valence-corrected chi connectivity index (χ1v) is 9.19. The van der Waals surface area contributed by atoms with E-state index in [1.54, 1.807) is 50.5 Å². The van der Waals surface area contributed by atoms with Gasteiger partial charge in [-0.15, -0.1) is 0 Å². The second-order valence-corrected chi connectivity index (χ2v) is 7.33. The Hall–Kier alpha value is -3.15. The summed E-state index contributed by atoms with van der Waals surface area (Å²) in [5.41, 5.74) is 2.55. The quantitative estimate of drug-likeness (QED) is 0.807. The van der Waals surface area contributed by atoms with Crippen molar-refractivity contribution in [2.24, 2.45) is 5.92 Å². The SMILES string of the molecule is Cc1ccc(C(=O)NC(C(=O)Nc2cccc(C(=O)N(C)C)c2)C(C)C)cc1. The minimum atomic E-state index is -0.706. The number of carbonyl (C=O) groups is 3. The molecule has 0 fully saturated rings. The van der Waals surface area contributed by atoms with Crippen molar-refractivity contribution in [1.29, 1.82) is 0 Å². The van der Waals surface area contributed by atoms with Gasteiger partial charge < -0.3 is 15.5 Å². The lowest BCUT2D eigenvalue weighted by molar-refractivity contribution is -0.118. The van der Waals surface area contributed by atoms with Crippen molar-refractivity contribution in [3.63, 3.8) is 0 Å². The van der Waals surface area contributed by atoms with Gasteiger partial charge in [-0.2, -0.15) is 0 Å². The number of rotatable bonds is 6. The largest absolute Gasteiger partial charge is 0.345 e. The smallest absolute Gasteiger partial charge is 0.253 e. The zero-order valence-electron chi connectivity index (χ0n) is 16.9. The zero-order valence-corrected chi connectivity index (χ0v) is 16.9. The number of nitrogens with one attached hydrogen (secondary N) is 2. The molecule has 0 aliphatic carbocycles. The van der Waals surface area contributed by atoms with Gasteiger partial charge >= 0.3 is 0 Å². The molecule has 0 aliphatic rings. The molecule has 6 heteroatoms. The first-order valence-electron chi connectivity index (χ1n) is 9.19. The van der Waals surface area contributed by atoms with Crippen LogP contribution in [0.5, 0.6) is 0 Å². The summed E-state index contributed by atoms with van der Waals surface area (Å²) in [5.74, 6) is -0.888. The van der Waals surface area contributed by atoms with Crippen LogP contribution in [0.3, 0.4) is 0 Å². The maximum absolute atomic E-state index is 12.8. The molecule has 0 saturated carbocycles. The molecule has 0 aromatic heterocycles. The van der Waals surface area contributed by atoms with Gasteiger partial charge in [0.25, 0.3) is 11.8 Å². The predicted octanol–water partition coefficient (Wildman–Crippen LogP) is 3.09. The van der Waals surface area contributed by atoms with Crippen LogP contribution in [-0.2, 0) is 4.79 Å². The van der Waals surface area contributed by atoms with Crippen molar-refractivity contribution in [1.82, 2.24) is 10.2 Å². The number of hydrogen-bond acceptors (Lipinski definition) is 3. The average molecular weight is 381 g/mol. The summed E-state index contributed by atoms with van der Waals surface area (Å²) in [5, 5.41) is 5.60. The molecule has 0 radical (unpaired) electrons. The van der Waals surface area contributed by atoms with E-state index < -0.39 is 6.04 Å². The fraction of sp³-hybridized carbons (Fsp3) is 0.318. The third kappa shape index (κ3) is 5.42. The average Bonchev–Trinajstić information content (AvgIpc) is 2.65. The van der Waals surface area contributed by atoms with E-state index in [4.69, 9.17) is 0 Å². The van der Waals surface area contributed by atoms with Crippen LogP contribution in [-0.4, -0.2) is 42.8 Å². The molecule has 1 unspecified atom stereocenters. The number of nitrogens with zero attached hydrogens (tertiary/aromatic N) is 1. The molecule has 28 heavy (non-hydrogen) atoms. The molecule has 3 amide bonds. The minimum Gasteiger partial charge on any atom is -0.345 e. The molecule has 0 heterocycles. The Labute approximate surface area is 165 Å². The first-order chi connectivity index (χ1) is 13.2. The molecule has 0 saturated heterocycles. The van der Waals surface area contributed by atoms with E-state index in [-0.39, 0.29) is 23.6 Å². The lowest BCUT2D eigenvalue weighted by Gasteiger charge is -2.22. The maximum atomic E-state index is 12.8. The summed E-state index contributed by atoms with van der Waals surface area (Å²) in [6, 6.07) is 13.2. The van der Waals surface area contributed by atoms with Gasteiger partial charge in [0.2, 0.25) is 5.91 Å². The van der Waals surface area contributed by atoms with Crippen LogP contribution in [0.15, 0.2) is 48.5 Å². The number of benzene rings is 2. The van der Waals surface area contributed by atoms with Gasteiger partial charge in [0.15, 0.2) is 0 Å². The van der Waals surface area contributed by atoms with Crippen molar-refractivity contribution in [3.05, 3.63) is 65.2 Å². The second kappa shape index (κ2) is 9.17. The minimum absolute atomic E-state index is 0.110. The summed E-state index contributed by atoms with van der Waals surface area (Å²) in [6.45, 7) is 5.68. The van der Waals surface area contributed by atoms with Crippen molar-refractivity contribution in [2.75, 3.05) is 19.4 Å². The van der Waals surface area contributed by atoms with E-state index in [0.717, 1.165) is 5.56 Å². The number of hydrogen-bond donors (Lipinski definition) is 2. The van der Waals surface area contributed by atoms with Crippen LogP contribution in [0.25, 0.3) is 0 Å². The Kier molecular flexibility index (Phi) is 6.93. The molecular formula is C22H27N3O3. The van der Waals surface area contributed by atoms with Crippen molar-refractivity contribution in [2.45, 2.75) is 26.8 Å². The van der Waals surface area contributed by atoms with Crippen LogP contribution in [0.1, 0.15) is 40.1 Å². The van der Waals surface area contributed by atoms with E-state index in [1.807, 2.05) is 32.9 Å². The number of amides is 3. The van der Waals surface area contributed by atoms with E-state index >= 15 is 0 Å². The molecule has 2 aromatic rings. The van der Waals surface area contributed by atoms with Crippen LogP contribution in [0.4, 0.5) is 5.69 Å². The van der Waals surface area contributed by atoms with Gasteiger partial charge in [0.05, 0.1) is 0 Å². The first kappa shape index (κ1) is 21.2. The summed E-state index contributed by atoms with van der Waals surface area (Å²) < 4.78 is 0. The second-order valence-electron chi connectivity index (χ2n) is 7.33. The highest BCUT2D eigenvalue weighted by Crippen LogP contribution is 2.14. The Morgan fingerprint density at radius 2 is 1.57 bits per heavy atom. The summed E-state index contributed by atoms with van der Waals surface area (Å²) in [6.07, 6.45) is 0. The van der Waals surface area contributed by atoms with Gasteiger partial charge in [0.1, 0.15) is 6.04 Å². The molecular weight excluding hydrogens is 354 g/mol. The standard InChI is InChI=1S/C22H27N3O3/c1-14(2)19(24-20(26)16-11-9-15(3)10-12-16)21(27)23-18-8-6-7-17(13-18)22(28)25(4)5/h6-14,19H,1-5H3,(H,23,27)(H,24,26). The van der Waals surface area contributed by atoms with Crippen LogP contribution in [0.2, 0.25) is 0 Å². The highest BCUT2D eigenvalue weighted by atomic mass is 16.2. The van der Waals surface area contributed by atoms with Gasteiger partial charge in [-0.05, 0) is 43.2 Å². The highest BCUT2D eigenvalue weighted by molar-refractivity contribution is 6.02. The van der Waals surface area contributed by atoms with Crippen LogP contribution >= 0.6 is 0 Å². The summed E-state index contributed by atoms with van der Waals surface area (Å²) >= 11 is 0. The fourth-order valence-corrected chi connectivity index (χ4v) is 2.67. The van der Waals surface area contributed by atoms with E-state index in [0.29, 0.717) is 16.8 Å². The molecule has 0 aliphatic heterocycles. The highest BCUT2D eigenvalue weighted by Gasteiger charge is 2.25. The molecule has 0 bridgehead atoms. The molecule has 2 N–H and O–H groups in total. The van der Waals surface area contributed by atoms with Crippen LogP contribution < -0.4 is 10.6 Å². The van der Waals surface area contributed by atoms with Crippen LogP contribution in [0, 0.1) is 12.8 Å². The van der Waals surface area contributed by atoms with Crippen molar-refractivity contribution >= 4 is 23.4 Å². The molecule has 2 aromatic carbocycles. The number of anilines is 1. The fourth-order valence-electron chi connectivity index (χ4n) is 2.67. The number of aryl methyl sites for hydroxylation is 1. The lowest BCUT2D eigenvalue weighted by Crippen LogP contribution is -2.47.